The third-order valence-corrected chi connectivity index (χ3v) is 4.96. The summed E-state index contributed by atoms with van der Waals surface area (Å²) in [4.78, 5) is 32.2. The summed E-state index contributed by atoms with van der Waals surface area (Å²) in [6.07, 6.45) is 0.463. The van der Waals surface area contributed by atoms with E-state index in [4.69, 9.17) is 26.1 Å². The Morgan fingerprint density at radius 1 is 1.57 bits per heavy atom. The second-order valence-corrected chi connectivity index (χ2v) is 6.85. The van der Waals surface area contributed by atoms with E-state index in [0.29, 0.717) is 5.65 Å². The number of H-pyrrole nitrogens is 1. The molecule has 2 aliphatic rings. The van der Waals surface area contributed by atoms with Crippen LogP contribution in [0.1, 0.15) is 6.23 Å². The van der Waals surface area contributed by atoms with Gasteiger partial charge in [-0.2, -0.15) is 9.05 Å². The maximum absolute atomic E-state index is 11.8. The molecule has 4 heterocycles. The van der Waals surface area contributed by atoms with E-state index in [1.54, 1.807) is 4.57 Å². The lowest BCUT2D eigenvalue weighted by Crippen LogP contribution is -2.41. The van der Waals surface area contributed by atoms with Gasteiger partial charge in [0.25, 0.3) is 5.56 Å². The fraction of sp³-hybridized carbons (Fsp3) is 0.545. The lowest BCUT2D eigenvalue weighted by atomic mass is 10.1. The molecule has 0 aliphatic carbocycles. The number of hydrogen-bond acceptors (Lipinski definition) is 8. The Morgan fingerprint density at radius 2 is 2.39 bits per heavy atom. The van der Waals surface area contributed by atoms with E-state index in [2.05, 4.69) is 15.0 Å². The zero-order valence-electron chi connectivity index (χ0n) is 12.0. The zero-order chi connectivity index (χ0) is 16.2. The quantitative estimate of drug-likeness (QED) is 0.544. The molecule has 2 radical (unpaired) electrons. The Hall–Kier alpha value is -1.36. The van der Waals surface area contributed by atoms with E-state index in [0.717, 1.165) is 0 Å². The molecule has 2 aromatic heterocycles. The van der Waals surface area contributed by atoms with Crippen molar-refractivity contribution in [3.63, 3.8) is 0 Å². The van der Waals surface area contributed by atoms with Gasteiger partial charge in [0.05, 0.1) is 12.7 Å². The van der Waals surface area contributed by atoms with Crippen molar-refractivity contribution in [2.75, 3.05) is 13.7 Å². The Kier molecular flexibility index (Phi) is 3.52. The van der Waals surface area contributed by atoms with Crippen LogP contribution in [0.3, 0.4) is 0 Å². The van der Waals surface area contributed by atoms with Crippen molar-refractivity contribution in [2.24, 2.45) is 0 Å². The van der Waals surface area contributed by atoms with Gasteiger partial charge in [0, 0.05) is 7.11 Å². The molecule has 0 bridgehead atoms. The summed E-state index contributed by atoms with van der Waals surface area (Å²) in [6, 6.07) is 0. The molecule has 2 saturated heterocycles. The highest BCUT2D eigenvalue weighted by molar-refractivity contribution is 7.85. The Morgan fingerprint density at radius 3 is 3.17 bits per heavy atom. The topological polar surface area (TPSA) is 121 Å². The molecule has 2 N–H and O–H groups in total. The van der Waals surface area contributed by atoms with Crippen molar-refractivity contribution < 1.29 is 23.4 Å². The maximum atomic E-state index is 11.8. The lowest BCUT2D eigenvalue weighted by Gasteiger charge is -2.29. The van der Waals surface area contributed by atoms with Crippen molar-refractivity contribution in [3.05, 3.63) is 23.0 Å². The molecule has 10 nitrogen and oxygen atoms in total. The summed E-state index contributed by atoms with van der Waals surface area (Å²) >= 11 is 0. The summed E-state index contributed by atoms with van der Waals surface area (Å²) in [5.74, 6) is 0. The molecule has 0 spiro atoms. The van der Waals surface area contributed by atoms with Crippen LogP contribution in [-0.4, -0.2) is 64.0 Å². The third-order valence-electron chi connectivity index (χ3n) is 3.89. The zero-order valence-corrected chi connectivity index (χ0v) is 12.9. The van der Waals surface area contributed by atoms with Gasteiger partial charge in [0.1, 0.15) is 18.8 Å². The van der Waals surface area contributed by atoms with Crippen LogP contribution in [0.2, 0.25) is 0 Å². The molecule has 2 fully saturated rings. The highest BCUT2D eigenvalue weighted by Crippen LogP contribution is 2.58. The van der Waals surface area contributed by atoms with E-state index in [-0.39, 0.29) is 17.7 Å². The number of nitrogens with one attached hydrogen (secondary N) is 1. The van der Waals surface area contributed by atoms with Gasteiger partial charge in [0.15, 0.2) is 23.5 Å². The van der Waals surface area contributed by atoms with Gasteiger partial charge < -0.3 is 14.5 Å². The van der Waals surface area contributed by atoms with Gasteiger partial charge in [-0.3, -0.25) is 9.36 Å². The van der Waals surface area contributed by atoms with Crippen LogP contribution >= 0.6 is 7.82 Å². The number of imidazole rings is 1. The van der Waals surface area contributed by atoms with Crippen LogP contribution in [0.4, 0.5) is 0 Å². The number of ether oxygens (including phenoxy) is 2. The van der Waals surface area contributed by atoms with Crippen LogP contribution in [0.5, 0.6) is 0 Å². The van der Waals surface area contributed by atoms with Crippen molar-refractivity contribution in [1.82, 2.24) is 19.5 Å². The first-order valence-electron chi connectivity index (χ1n) is 6.82. The van der Waals surface area contributed by atoms with E-state index in [1.807, 2.05) is 0 Å². The summed E-state index contributed by atoms with van der Waals surface area (Å²) in [5, 5.41) is 0. The fourth-order valence-electron chi connectivity index (χ4n) is 2.88. The van der Waals surface area contributed by atoms with E-state index >= 15 is 0 Å². The maximum Gasteiger partial charge on any atom is 0.488 e. The number of methoxy groups -OCH3 is 1. The Labute approximate surface area is 131 Å². The van der Waals surface area contributed by atoms with Gasteiger partial charge in [-0.25, -0.2) is 14.9 Å². The van der Waals surface area contributed by atoms with Crippen LogP contribution in [0.25, 0.3) is 11.2 Å². The Bertz CT molecular complexity index is 796. The summed E-state index contributed by atoms with van der Waals surface area (Å²) in [7, 11) is 3.68. The molecule has 5 atom stereocenters. The number of nitrogens with zero attached hydrogens (tertiary/aromatic N) is 3. The molecule has 0 aromatic carbocycles. The molecule has 23 heavy (non-hydrogen) atoms. The first kappa shape index (κ1) is 15.2. The lowest BCUT2D eigenvalue weighted by molar-refractivity contribution is -0.0617. The standard InChI is InChI=1S/C11H13BN4O6P/c1-19-8-7-5(2-20-23(12,18)22-7)21-11(8)16-4-15-6-9(16)13-3-14-10(6)17/h3-5,7-8,11,18H,2H2,1H3,(H,13,14,17)/q+1/t5-,7+,8+,11-,23?/m1/s1. The van der Waals surface area contributed by atoms with Crippen molar-refractivity contribution in [1.29, 1.82) is 0 Å². The molecule has 4 rings (SSSR count). The van der Waals surface area contributed by atoms with Gasteiger partial charge in [-0.05, 0) is 0 Å². The highest BCUT2D eigenvalue weighted by atomic mass is 31.2. The molecule has 0 saturated carbocycles. The minimum atomic E-state index is -3.37. The van der Waals surface area contributed by atoms with Gasteiger partial charge >= 0.3 is 15.4 Å². The first-order chi connectivity index (χ1) is 11.0. The number of aromatic amines is 1. The molecule has 0 amide bonds. The molecule has 120 valence electrons. The average molecular weight is 339 g/mol. The summed E-state index contributed by atoms with van der Waals surface area (Å²) in [5.41, 5.74) is 0.207. The fourth-order valence-corrected chi connectivity index (χ4v) is 3.90. The molecular weight excluding hydrogens is 326 g/mol. The highest BCUT2D eigenvalue weighted by Gasteiger charge is 2.57. The smallest absolute Gasteiger partial charge is 0.374 e. The molecule has 2 aromatic rings. The Balaban J connectivity index is 1.74. The van der Waals surface area contributed by atoms with Crippen LogP contribution in [-0.2, 0) is 18.5 Å². The van der Waals surface area contributed by atoms with Crippen LogP contribution in [0, 0.1) is 0 Å². The van der Waals surface area contributed by atoms with Crippen molar-refractivity contribution in [2.45, 2.75) is 24.5 Å². The number of hydrogen-bond donors (Lipinski definition) is 2. The van der Waals surface area contributed by atoms with E-state index in [1.165, 1.54) is 19.8 Å². The third kappa shape index (κ3) is 2.40. The average Bonchev–Trinajstić information content (AvgIpc) is 3.07. The molecule has 2 aliphatic heterocycles. The number of aromatic nitrogens is 4. The molecular formula is C11H13BN4O6P+. The molecule has 1 unspecified atom stereocenters. The largest absolute Gasteiger partial charge is 0.488 e. The first-order valence-corrected chi connectivity index (χ1v) is 8.46. The van der Waals surface area contributed by atoms with E-state index < -0.39 is 32.4 Å². The second kappa shape index (κ2) is 5.33. The SMILES string of the molecule is [B][P+]1(O)OC[C@H]2O[C@@H](n3cnc4c(=O)[nH]cnc43)[C@@H](OC)[C@H]2O1. The number of rotatable bonds is 2. The molecule has 12 heteroatoms. The predicted molar refractivity (Wildman–Crippen MR) is 78.6 cm³/mol. The van der Waals surface area contributed by atoms with Crippen molar-refractivity contribution in [3.8, 4) is 0 Å². The van der Waals surface area contributed by atoms with Crippen LogP contribution in [0.15, 0.2) is 17.4 Å². The minimum Gasteiger partial charge on any atom is -0.374 e. The summed E-state index contributed by atoms with van der Waals surface area (Å²) in [6.45, 7) is 0.0858. The monoisotopic (exact) mass is 339 g/mol. The minimum absolute atomic E-state index is 0.0858. The number of fused-ring (bicyclic) bond motifs is 2. The van der Waals surface area contributed by atoms with Crippen molar-refractivity contribution >= 4 is 26.6 Å². The predicted octanol–water partition coefficient (Wildman–Crippen LogP) is -0.714. The van der Waals surface area contributed by atoms with Gasteiger partial charge in [0.2, 0.25) is 0 Å². The van der Waals surface area contributed by atoms with E-state index in [9.17, 15) is 9.69 Å². The van der Waals surface area contributed by atoms with Gasteiger partial charge in [-0.1, -0.05) is 0 Å². The second-order valence-electron chi connectivity index (χ2n) is 5.25. The van der Waals surface area contributed by atoms with Gasteiger partial charge in [-0.15, -0.1) is 0 Å². The summed E-state index contributed by atoms with van der Waals surface area (Å²) < 4.78 is 23.5. The normalized spacial score (nSPS) is 37.1. The van der Waals surface area contributed by atoms with Crippen LogP contribution < -0.4 is 5.56 Å².